The van der Waals surface area contributed by atoms with E-state index in [1.165, 1.54) is 11.0 Å². The Morgan fingerprint density at radius 3 is 2.60 bits per heavy atom. The first-order valence-corrected chi connectivity index (χ1v) is 6.96. The van der Waals surface area contributed by atoms with E-state index in [0.29, 0.717) is 22.3 Å². The molecule has 0 heterocycles. The van der Waals surface area contributed by atoms with E-state index >= 15 is 0 Å². The minimum atomic E-state index is -0.329. The summed E-state index contributed by atoms with van der Waals surface area (Å²) in [6.07, 6.45) is 0.751. The number of anilines is 1. The Morgan fingerprint density at radius 1 is 1.35 bits per heavy atom. The average Bonchev–Trinajstić information content (AvgIpc) is 2.40. The summed E-state index contributed by atoms with van der Waals surface area (Å²) in [6.45, 7) is 2.24. The number of nitrogens with two attached hydrogens (primary N) is 1. The first kappa shape index (κ1) is 16.8. The van der Waals surface area contributed by atoms with Crippen molar-refractivity contribution in [2.45, 2.75) is 13.3 Å². The molecule has 1 aromatic carbocycles. The minimum Gasteiger partial charge on any atom is -0.332 e. The van der Waals surface area contributed by atoms with Crippen LogP contribution in [0.1, 0.15) is 13.3 Å². The van der Waals surface area contributed by atoms with Gasteiger partial charge in [0.25, 0.3) is 0 Å². The number of nitrogens with zero attached hydrogens (tertiary/aromatic N) is 1. The number of halogens is 2. The van der Waals surface area contributed by atoms with Crippen LogP contribution in [0.15, 0.2) is 18.2 Å². The zero-order valence-electron chi connectivity index (χ0n) is 11.2. The molecule has 0 saturated heterocycles. The second-order valence-electron chi connectivity index (χ2n) is 4.19. The monoisotopic (exact) mass is 317 g/mol. The molecule has 0 bridgehead atoms. The van der Waals surface area contributed by atoms with Crippen LogP contribution in [0.25, 0.3) is 0 Å². The van der Waals surface area contributed by atoms with Crippen LogP contribution in [0, 0.1) is 0 Å². The van der Waals surface area contributed by atoms with Gasteiger partial charge < -0.3 is 16.0 Å². The highest BCUT2D eigenvalue weighted by atomic mass is 35.5. The first-order valence-electron chi connectivity index (χ1n) is 6.20. The van der Waals surface area contributed by atoms with Crippen molar-refractivity contribution in [1.82, 2.24) is 4.90 Å². The van der Waals surface area contributed by atoms with Crippen molar-refractivity contribution >= 4 is 40.7 Å². The lowest BCUT2D eigenvalue weighted by Gasteiger charge is -2.21. The van der Waals surface area contributed by atoms with Gasteiger partial charge in [-0.1, -0.05) is 30.1 Å². The second-order valence-corrected chi connectivity index (χ2v) is 5.04. The summed E-state index contributed by atoms with van der Waals surface area (Å²) in [5, 5.41) is 3.47. The number of nitrogens with one attached hydrogen (secondary N) is 1. The smallest absolute Gasteiger partial charge is 0.244 e. The Bertz CT molecular complexity index is 495. The van der Waals surface area contributed by atoms with E-state index in [2.05, 4.69) is 5.32 Å². The molecule has 1 aromatic rings. The predicted octanol–water partition coefficient (Wildman–Crippen LogP) is 2.13. The lowest BCUT2D eigenvalue weighted by Crippen LogP contribution is -2.41. The molecule has 20 heavy (non-hydrogen) atoms. The quantitative estimate of drug-likeness (QED) is 0.844. The fourth-order valence-corrected chi connectivity index (χ4v) is 2.10. The summed E-state index contributed by atoms with van der Waals surface area (Å²) < 4.78 is 0. The molecule has 0 atom stereocenters. The van der Waals surface area contributed by atoms with E-state index in [1.54, 1.807) is 12.1 Å². The predicted molar refractivity (Wildman–Crippen MR) is 81.0 cm³/mol. The summed E-state index contributed by atoms with van der Waals surface area (Å²) in [7, 11) is 0. The highest BCUT2D eigenvalue weighted by Crippen LogP contribution is 2.25. The molecule has 3 N–H and O–H groups in total. The van der Waals surface area contributed by atoms with Crippen LogP contribution in [-0.4, -0.2) is 36.3 Å². The molecule has 0 aliphatic rings. The lowest BCUT2D eigenvalue weighted by molar-refractivity contribution is -0.133. The molecule has 7 heteroatoms. The van der Waals surface area contributed by atoms with E-state index in [0.717, 1.165) is 6.42 Å². The normalized spacial score (nSPS) is 10.2. The zero-order chi connectivity index (χ0) is 15.1. The van der Waals surface area contributed by atoms with Gasteiger partial charge in [-0.25, -0.2) is 0 Å². The maximum Gasteiger partial charge on any atom is 0.244 e. The van der Waals surface area contributed by atoms with Gasteiger partial charge in [-0.05, 0) is 24.6 Å². The Kier molecular flexibility index (Phi) is 6.78. The highest BCUT2D eigenvalue weighted by molar-refractivity contribution is 6.36. The third-order valence-electron chi connectivity index (χ3n) is 2.56. The molecule has 1 rings (SSSR count). The first-order chi connectivity index (χ1) is 9.47. The topological polar surface area (TPSA) is 75.4 Å². The molecule has 0 aliphatic carbocycles. The fourth-order valence-electron chi connectivity index (χ4n) is 1.64. The summed E-state index contributed by atoms with van der Waals surface area (Å²) in [5.74, 6) is -0.589. The number of rotatable bonds is 6. The van der Waals surface area contributed by atoms with Crippen LogP contribution in [0.3, 0.4) is 0 Å². The number of amides is 2. The largest absolute Gasteiger partial charge is 0.332 e. The SMILES string of the molecule is CCCN(CC(=O)Nc1ccc(Cl)cc1Cl)C(=O)CN. The van der Waals surface area contributed by atoms with Gasteiger partial charge in [0.2, 0.25) is 11.8 Å². The zero-order valence-corrected chi connectivity index (χ0v) is 12.7. The molecule has 0 fully saturated rings. The maximum atomic E-state index is 11.9. The van der Waals surface area contributed by atoms with Crippen LogP contribution in [0.2, 0.25) is 10.0 Å². The molecular weight excluding hydrogens is 301 g/mol. The average molecular weight is 318 g/mol. The minimum absolute atomic E-state index is 0.0527. The van der Waals surface area contributed by atoms with Crippen molar-refractivity contribution in [1.29, 1.82) is 0 Å². The van der Waals surface area contributed by atoms with E-state index in [9.17, 15) is 9.59 Å². The van der Waals surface area contributed by atoms with Crippen LogP contribution >= 0.6 is 23.2 Å². The summed E-state index contributed by atoms with van der Waals surface area (Å²) in [4.78, 5) is 24.9. The van der Waals surface area contributed by atoms with Crippen molar-refractivity contribution in [2.75, 3.05) is 25.0 Å². The van der Waals surface area contributed by atoms with Gasteiger partial charge in [0, 0.05) is 11.6 Å². The van der Waals surface area contributed by atoms with Crippen LogP contribution in [-0.2, 0) is 9.59 Å². The van der Waals surface area contributed by atoms with Crippen LogP contribution in [0.5, 0.6) is 0 Å². The number of benzene rings is 1. The van der Waals surface area contributed by atoms with E-state index in [-0.39, 0.29) is 24.9 Å². The molecule has 0 saturated carbocycles. The van der Waals surface area contributed by atoms with Crippen molar-refractivity contribution in [3.8, 4) is 0 Å². The van der Waals surface area contributed by atoms with Crippen molar-refractivity contribution < 1.29 is 9.59 Å². The highest BCUT2D eigenvalue weighted by Gasteiger charge is 2.15. The third-order valence-corrected chi connectivity index (χ3v) is 3.11. The Balaban J connectivity index is 2.67. The summed E-state index contributed by atoms with van der Waals surface area (Å²) >= 11 is 11.7. The van der Waals surface area contributed by atoms with Gasteiger partial charge in [0.15, 0.2) is 0 Å². The van der Waals surface area contributed by atoms with Crippen LogP contribution < -0.4 is 11.1 Å². The molecule has 110 valence electrons. The van der Waals surface area contributed by atoms with Gasteiger partial charge in [0.1, 0.15) is 0 Å². The third kappa shape index (κ3) is 5.00. The standard InChI is InChI=1S/C13H17Cl2N3O2/c1-2-5-18(13(20)7-16)8-12(19)17-11-4-3-9(14)6-10(11)15/h3-4,6H,2,5,7-8,16H2,1H3,(H,17,19). The van der Waals surface area contributed by atoms with Gasteiger partial charge in [-0.2, -0.15) is 0 Å². The second kappa shape index (κ2) is 8.09. The van der Waals surface area contributed by atoms with Gasteiger partial charge in [0.05, 0.1) is 23.8 Å². The maximum absolute atomic E-state index is 11.9. The molecule has 5 nitrogen and oxygen atoms in total. The molecule has 0 aromatic heterocycles. The van der Waals surface area contributed by atoms with E-state index in [4.69, 9.17) is 28.9 Å². The number of hydrogen-bond donors (Lipinski definition) is 2. The molecule has 0 aliphatic heterocycles. The van der Waals surface area contributed by atoms with E-state index in [1.807, 2.05) is 6.92 Å². The van der Waals surface area contributed by atoms with Crippen molar-refractivity contribution in [3.63, 3.8) is 0 Å². The molecule has 0 spiro atoms. The Morgan fingerprint density at radius 2 is 2.05 bits per heavy atom. The Hall–Kier alpha value is -1.30. The van der Waals surface area contributed by atoms with Crippen molar-refractivity contribution in [2.24, 2.45) is 5.73 Å². The molecular formula is C13H17Cl2N3O2. The Labute approximate surface area is 128 Å². The summed E-state index contributed by atoms with van der Waals surface area (Å²) in [5.41, 5.74) is 5.77. The van der Waals surface area contributed by atoms with Gasteiger partial charge >= 0.3 is 0 Å². The number of carbonyl (C=O) groups excluding carboxylic acids is 2. The molecule has 2 amide bonds. The molecule has 0 radical (unpaired) electrons. The van der Waals surface area contributed by atoms with Gasteiger partial charge in [-0.3, -0.25) is 9.59 Å². The fraction of sp³-hybridized carbons (Fsp3) is 0.385. The number of carbonyl (C=O) groups is 2. The van der Waals surface area contributed by atoms with Crippen molar-refractivity contribution in [3.05, 3.63) is 28.2 Å². The molecule has 0 unspecified atom stereocenters. The number of hydrogen-bond acceptors (Lipinski definition) is 3. The van der Waals surface area contributed by atoms with Gasteiger partial charge in [-0.15, -0.1) is 0 Å². The summed E-state index contributed by atoms with van der Waals surface area (Å²) in [6, 6.07) is 4.77. The lowest BCUT2D eigenvalue weighted by atomic mass is 10.3. The van der Waals surface area contributed by atoms with Crippen LogP contribution in [0.4, 0.5) is 5.69 Å². The van der Waals surface area contributed by atoms with E-state index < -0.39 is 0 Å².